The van der Waals surface area contributed by atoms with Gasteiger partial charge in [-0.05, 0) is 55.3 Å². The van der Waals surface area contributed by atoms with Crippen LogP contribution in [0.4, 0.5) is 17.1 Å². The topological polar surface area (TPSA) is 64.3 Å². The van der Waals surface area contributed by atoms with Crippen molar-refractivity contribution >= 4 is 39.0 Å². The third-order valence-electron chi connectivity index (χ3n) is 3.19. The maximum absolute atomic E-state index is 11.6. The summed E-state index contributed by atoms with van der Waals surface area (Å²) in [6, 6.07) is 9.05. The molecule has 0 amide bonds. The number of esters is 1. The van der Waals surface area contributed by atoms with Crippen molar-refractivity contribution in [1.82, 2.24) is 0 Å². The van der Waals surface area contributed by atoms with Gasteiger partial charge in [0.1, 0.15) is 0 Å². The molecule has 0 spiro atoms. The van der Waals surface area contributed by atoms with Gasteiger partial charge in [0.2, 0.25) is 0 Å². The molecule has 0 unspecified atom stereocenters. The van der Waals surface area contributed by atoms with Crippen LogP contribution in [0.15, 0.2) is 34.8 Å². The van der Waals surface area contributed by atoms with Crippen molar-refractivity contribution in [3.8, 4) is 0 Å². The van der Waals surface area contributed by atoms with Gasteiger partial charge in [0.15, 0.2) is 0 Å². The summed E-state index contributed by atoms with van der Waals surface area (Å²) in [6.45, 7) is 4.05. The molecule has 2 rings (SSSR count). The Morgan fingerprint density at radius 3 is 2.38 bits per heavy atom. The summed E-state index contributed by atoms with van der Waals surface area (Å²) >= 11 is 3.54. The first kappa shape index (κ1) is 15.4. The first-order valence-electron chi connectivity index (χ1n) is 6.44. The van der Waals surface area contributed by atoms with E-state index in [4.69, 9.17) is 10.5 Å². The average molecular weight is 349 g/mol. The Labute approximate surface area is 132 Å². The van der Waals surface area contributed by atoms with Crippen molar-refractivity contribution in [3.05, 3.63) is 51.5 Å². The molecule has 0 radical (unpaired) electrons. The summed E-state index contributed by atoms with van der Waals surface area (Å²) in [7, 11) is 1.35. The van der Waals surface area contributed by atoms with Crippen LogP contribution in [0.3, 0.4) is 0 Å². The number of rotatable bonds is 3. The van der Waals surface area contributed by atoms with Crippen LogP contribution < -0.4 is 11.1 Å². The molecule has 0 saturated heterocycles. The van der Waals surface area contributed by atoms with E-state index in [9.17, 15) is 4.79 Å². The molecule has 0 aliphatic heterocycles. The number of carbonyl (C=O) groups is 1. The number of anilines is 3. The molecule has 110 valence electrons. The summed E-state index contributed by atoms with van der Waals surface area (Å²) in [4.78, 5) is 11.6. The van der Waals surface area contributed by atoms with Crippen LogP contribution in [-0.2, 0) is 4.74 Å². The fourth-order valence-corrected chi connectivity index (χ4v) is 2.31. The molecule has 0 heterocycles. The zero-order valence-electron chi connectivity index (χ0n) is 12.2. The zero-order chi connectivity index (χ0) is 15.6. The summed E-state index contributed by atoms with van der Waals surface area (Å²) in [5, 5.41) is 3.25. The zero-order valence-corrected chi connectivity index (χ0v) is 13.7. The molecule has 0 aromatic heterocycles. The predicted octanol–water partition coefficient (Wildman–Crippen LogP) is 4.18. The lowest BCUT2D eigenvalue weighted by atomic mass is 10.1. The first-order valence-corrected chi connectivity index (χ1v) is 7.23. The number of nitrogen functional groups attached to an aromatic ring is 1. The maximum Gasteiger partial charge on any atom is 0.337 e. The Morgan fingerprint density at radius 1 is 1.19 bits per heavy atom. The highest BCUT2D eigenvalue weighted by Gasteiger charge is 2.09. The van der Waals surface area contributed by atoms with Gasteiger partial charge in [0.25, 0.3) is 0 Å². The average Bonchev–Trinajstić information content (AvgIpc) is 2.46. The molecular formula is C16H17BrN2O2. The molecule has 0 aliphatic carbocycles. The third-order valence-corrected chi connectivity index (χ3v) is 4.44. The minimum Gasteiger partial charge on any atom is -0.465 e. The van der Waals surface area contributed by atoms with Crippen molar-refractivity contribution in [1.29, 1.82) is 0 Å². The number of methoxy groups -OCH3 is 1. The summed E-state index contributed by atoms with van der Waals surface area (Å²) in [5.41, 5.74) is 10.8. The van der Waals surface area contributed by atoms with Gasteiger partial charge in [-0.1, -0.05) is 15.9 Å². The monoisotopic (exact) mass is 348 g/mol. The minimum atomic E-state index is -0.388. The first-order chi connectivity index (χ1) is 9.92. The van der Waals surface area contributed by atoms with Crippen molar-refractivity contribution in [2.24, 2.45) is 0 Å². The number of hydrogen-bond donors (Lipinski definition) is 2. The van der Waals surface area contributed by atoms with Crippen molar-refractivity contribution in [2.75, 3.05) is 18.2 Å². The molecular weight excluding hydrogens is 332 g/mol. The van der Waals surface area contributed by atoms with Crippen LogP contribution >= 0.6 is 15.9 Å². The molecule has 3 N–H and O–H groups in total. The van der Waals surface area contributed by atoms with Gasteiger partial charge in [-0.25, -0.2) is 4.79 Å². The van der Waals surface area contributed by atoms with E-state index in [1.165, 1.54) is 7.11 Å². The fraction of sp³-hybridized carbons (Fsp3) is 0.188. The third kappa shape index (κ3) is 3.36. The van der Waals surface area contributed by atoms with Gasteiger partial charge in [-0.15, -0.1) is 0 Å². The van der Waals surface area contributed by atoms with Gasteiger partial charge in [-0.2, -0.15) is 0 Å². The van der Waals surface area contributed by atoms with Crippen molar-refractivity contribution in [3.63, 3.8) is 0 Å². The molecule has 4 nitrogen and oxygen atoms in total. The number of ether oxygens (including phenoxy) is 1. The van der Waals surface area contributed by atoms with E-state index in [1.807, 2.05) is 26.0 Å². The molecule has 0 saturated carbocycles. The number of nitrogens with one attached hydrogen (secondary N) is 1. The maximum atomic E-state index is 11.6. The molecule has 0 bridgehead atoms. The Morgan fingerprint density at radius 2 is 1.81 bits per heavy atom. The van der Waals surface area contributed by atoms with E-state index in [1.54, 1.807) is 18.2 Å². The van der Waals surface area contributed by atoms with Gasteiger partial charge < -0.3 is 15.8 Å². The number of aryl methyl sites for hydroxylation is 2. The van der Waals surface area contributed by atoms with Gasteiger partial charge in [-0.3, -0.25) is 0 Å². The second-order valence-electron chi connectivity index (χ2n) is 4.84. The standard InChI is InChI=1S/C16H17BrN2O2/c1-9-6-12(7-10(2)15(9)17)19-14-8-11(16(20)21-3)4-5-13(14)18/h4-8,19H,18H2,1-3H3. The van der Waals surface area contributed by atoms with E-state index in [0.29, 0.717) is 16.9 Å². The van der Waals surface area contributed by atoms with Crippen LogP contribution in [0.25, 0.3) is 0 Å². The quantitative estimate of drug-likeness (QED) is 0.645. The van der Waals surface area contributed by atoms with Crippen LogP contribution in [0.1, 0.15) is 21.5 Å². The van der Waals surface area contributed by atoms with Crippen LogP contribution in [-0.4, -0.2) is 13.1 Å². The highest BCUT2D eigenvalue weighted by atomic mass is 79.9. The number of nitrogens with two attached hydrogens (primary N) is 1. The van der Waals surface area contributed by atoms with Gasteiger partial charge in [0.05, 0.1) is 24.0 Å². The smallest absolute Gasteiger partial charge is 0.337 e. The summed E-state index contributed by atoms with van der Waals surface area (Å²) in [6.07, 6.45) is 0. The Balaban J connectivity index is 2.37. The minimum absolute atomic E-state index is 0.388. The predicted molar refractivity (Wildman–Crippen MR) is 89.1 cm³/mol. The highest BCUT2D eigenvalue weighted by Crippen LogP contribution is 2.29. The molecule has 0 fully saturated rings. The molecule has 21 heavy (non-hydrogen) atoms. The Hall–Kier alpha value is -2.01. The lowest BCUT2D eigenvalue weighted by Crippen LogP contribution is -2.04. The number of halogens is 1. The SMILES string of the molecule is COC(=O)c1ccc(N)c(Nc2cc(C)c(Br)c(C)c2)c1. The fourth-order valence-electron chi connectivity index (χ4n) is 2.08. The van der Waals surface area contributed by atoms with E-state index < -0.39 is 0 Å². The normalized spacial score (nSPS) is 10.3. The van der Waals surface area contributed by atoms with Crippen LogP contribution in [0.2, 0.25) is 0 Å². The molecule has 0 aliphatic rings. The van der Waals surface area contributed by atoms with Crippen molar-refractivity contribution < 1.29 is 9.53 Å². The Kier molecular flexibility index (Phi) is 4.53. The highest BCUT2D eigenvalue weighted by molar-refractivity contribution is 9.10. The molecule has 5 heteroatoms. The van der Waals surface area contributed by atoms with Gasteiger partial charge >= 0.3 is 5.97 Å². The van der Waals surface area contributed by atoms with Crippen LogP contribution in [0, 0.1) is 13.8 Å². The lowest BCUT2D eigenvalue weighted by molar-refractivity contribution is 0.0601. The number of carbonyl (C=O) groups excluding carboxylic acids is 1. The van der Waals surface area contributed by atoms with E-state index in [0.717, 1.165) is 21.3 Å². The molecule has 0 atom stereocenters. The Bertz CT molecular complexity index is 676. The van der Waals surface area contributed by atoms with E-state index in [-0.39, 0.29) is 5.97 Å². The number of hydrogen-bond acceptors (Lipinski definition) is 4. The van der Waals surface area contributed by atoms with E-state index >= 15 is 0 Å². The molecule has 2 aromatic rings. The summed E-state index contributed by atoms with van der Waals surface area (Å²) in [5.74, 6) is -0.388. The van der Waals surface area contributed by atoms with Crippen molar-refractivity contribution in [2.45, 2.75) is 13.8 Å². The second-order valence-corrected chi connectivity index (χ2v) is 5.64. The summed E-state index contributed by atoms with van der Waals surface area (Å²) < 4.78 is 5.81. The lowest BCUT2D eigenvalue weighted by Gasteiger charge is -2.13. The largest absolute Gasteiger partial charge is 0.465 e. The van der Waals surface area contributed by atoms with Crippen LogP contribution in [0.5, 0.6) is 0 Å². The second kappa shape index (κ2) is 6.18. The number of benzene rings is 2. The van der Waals surface area contributed by atoms with Gasteiger partial charge in [0, 0.05) is 10.2 Å². The van der Waals surface area contributed by atoms with E-state index in [2.05, 4.69) is 21.2 Å². The molecule has 2 aromatic carbocycles.